The molecule has 7 nitrogen and oxygen atoms in total. The van der Waals surface area contributed by atoms with Gasteiger partial charge in [-0.05, 0) is 37.1 Å². The number of pyridine rings is 1. The van der Waals surface area contributed by atoms with E-state index < -0.39 is 24.3 Å². The number of hydrogen-bond acceptors (Lipinski definition) is 6. The summed E-state index contributed by atoms with van der Waals surface area (Å²) in [6.45, 7) is 4.25. The molecule has 1 aromatic carbocycles. The number of alkyl halides is 3. The van der Waals surface area contributed by atoms with Crippen molar-refractivity contribution in [2.24, 2.45) is 0 Å². The summed E-state index contributed by atoms with van der Waals surface area (Å²) in [7, 11) is 0. The first-order chi connectivity index (χ1) is 15.5. The number of carbonyl (C=O) groups is 2. The van der Waals surface area contributed by atoms with Crippen molar-refractivity contribution in [3.8, 4) is 5.75 Å². The van der Waals surface area contributed by atoms with Crippen molar-refractivity contribution in [3.63, 3.8) is 0 Å². The Balaban J connectivity index is 1.45. The molecule has 178 valence electrons. The van der Waals surface area contributed by atoms with Gasteiger partial charge in [-0.3, -0.25) is 4.79 Å². The molecule has 0 bridgehead atoms. The van der Waals surface area contributed by atoms with Gasteiger partial charge in [0.1, 0.15) is 11.6 Å². The van der Waals surface area contributed by atoms with Crippen LogP contribution in [-0.2, 0) is 20.5 Å². The molecule has 1 fully saturated rings. The molecule has 2 aromatic rings. The number of carbonyl (C=O) groups excluding carboxylic acids is 2. The van der Waals surface area contributed by atoms with Crippen LogP contribution >= 0.6 is 11.6 Å². The summed E-state index contributed by atoms with van der Waals surface area (Å²) < 4.78 is 48.8. The van der Waals surface area contributed by atoms with Gasteiger partial charge < -0.3 is 19.3 Å². The summed E-state index contributed by atoms with van der Waals surface area (Å²) >= 11 is 5.99. The fourth-order valence-corrected chi connectivity index (χ4v) is 3.55. The molecule has 0 radical (unpaired) electrons. The molecule has 1 saturated heterocycles. The fourth-order valence-electron chi connectivity index (χ4n) is 3.26. The SMILES string of the molecule is Cc1ccc(C)c(OCC(=O)OCC(=O)N2CCN(c3ncc(C(F)(F)F)cc3Cl)CC2)c1. The van der Waals surface area contributed by atoms with E-state index in [0.717, 1.165) is 23.4 Å². The molecule has 1 amide bonds. The lowest BCUT2D eigenvalue weighted by Crippen LogP contribution is -2.50. The molecular formula is C22H23ClF3N3O4. The first-order valence-electron chi connectivity index (χ1n) is 10.2. The number of benzene rings is 1. The van der Waals surface area contributed by atoms with Crippen molar-refractivity contribution in [3.05, 3.63) is 52.2 Å². The van der Waals surface area contributed by atoms with Gasteiger partial charge in [0.2, 0.25) is 0 Å². The lowest BCUT2D eigenvalue weighted by molar-refractivity contribution is -0.153. The van der Waals surface area contributed by atoms with E-state index in [1.165, 1.54) is 4.90 Å². The van der Waals surface area contributed by atoms with Gasteiger partial charge in [0.05, 0.1) is 10.6 Å². The predicted molar refractivity (Wildman–Crippen MR) is 115 cm³/mol. The summed E-state index contributed by atoms with van der Waals surface area (Å²) in [5.41, 5.74) is 0.949. The van der Waals surface area contributed by atoms with E-state index >= 15 is 0 Å². The van der Waals surface area contributed by atoms with Gasteiger partial charge in [-0.2, -0.15) is 13.2 Å². The number of aromatic nitrogens is 1. The molecule has 0 atom stereocenters. The van der Waals surface area contributed by atoms with Gasteiger partial charge in [0.25, 0.3) is 5.91 Å². The molecule has 2 heterocycles. The Labute approximate surface area is 194 Å². The Morgan fingerprint density at radius 1 is 1.09 bits per heavy atom. The summed E-state index contributed by atoms with van der Waals surface area (Å²) in [5.74, 6) is -0.235. The number of piperazine rings is 1. The molecule has 0 saturated carbocycles. The third kappa shape index (κ3) is 6.50. The molecule has 33 heavy (non-hydrogen) atoms. The zero-order valence-corrected chi connectivity index (χ0v) is 18.9. The van der Waals surface area contributed by atoms with Crippen LogP contribution in [0.2, 0.25) is 5.02 Å². The Hall–Kier alpha value is -3.01. The minimum absolute atomic E-state index is 0.109. The summed E-state index contributed by atoms with van der Waals surface area (Å²) in [5, 5.41) is -0.109. The second-order valence-corrected chi connectivity index (χ2v) is 8.02. The number of aryl methyl sites for hydroxylation is 2. The van der Waals surface area contributed by atoms with E-state index in [-0.39, 0.29) is 36.4 Å². The Bertz CT molecular complexity index is 1020. The average Bonchev–Trinajstić information content (AvgIpc) is 2.77. The van der Waals surface area contributed by atoms with Gasteiger partial charge in [-0.15, -0.1) is 0 Å². The van der Waals surface area contributed by atoms with Crippen molar-refractivity contribution in [2.45, 2.75) is 20.0 Å². The topological polar surface area (TPSA) is 72.0 Å². The molecule has 1 aliphatic rings. The number of halogens is 4. The standard InChI is InChI=1S/C22H23ClF3N3O4/c1-14-3-4-15(2)18(9-14)32-13-20(31)33-12-19(30)28-5-7-29(8-6-28)21-17(23)10-16(11-27-21)22(24,25)26/h3-4,9-11H,5-8,12-13H2,1-2H3. The highest BCUT2D eigenvalue weighted by Crippen LogP contribution is 2.33. The van der Waals surface area contributed by atoms with Gasteiger partial charge in [-0.25, -0.2) is 9.78 Å². The Kier molecular flexibility index (Phi) is 7.68. The lowest BCUT2D eigenvalue weighted by atomic mass is 10.1. The van der Waals surface area contributed by atoms with Crippen LogP contribution in [0.15, 0.2) is 30.5 Å². The first kappa shape index (κ1) is 24.6. The monoisotopic (exact) mass is 485 g/mol. The Morgan fingerprint density at radius 2 is 1.79 bits per heavy atom. The van der Waals surface area contributed by atoms with E-state index in [9.17, 15) is 22.8 Å². The van der Waals surface area contributed by atoms with Gasteiger partial charge >= 0.3 is 12.1 Å². The number of ether oxygens (including phenoxy) is 2. The maximum absolute atomic E-state index is 12.8. The van der Waals surface area contributed by atoms with Crippen LogP contribution in [0, 0.1) is 13.8 Å². The fraction of sp³-hybridized carbons (Fsp3) is 0.409. The maximum Gasteiger partial charge on any atom is 0.417 e. The van der Waals surface area contributed by atoms with Crippen LogP contribution in [-0.4, -0.2) is 61.2 Å². The molecular weight excluding hydrogens is 463 g/mol. The third-order valence-corrected chi connectivity index (χ3v) is 5.40. The van der Waals surface area contributed by atoms with Crippen LogP contribution < -0.4 is 9.64 Å². The molecule has 0 unspecified atom stereocenters. The van der Waals surface area contributed by atoms with Crippen LogP contribution in [0.3, 0.4) is 0 Å². The average molecular weight is 486 g/mol. The number of rotatable bonds is 6. The van der Waals surface area contributed by atoms with E-state index in [1.807, 2.05) is 32.0 Å². The lowest BCUT2D eigenvalue weighted by Gasteiger charge is -2.35. The number of anilines is 1. The van der Waals surface area contributed by atoms with Crippen molar-refractivity contribution in [1.82, 2.24) is 9.88 Å². The van der Waals surface area contributed by atoms with E-state index in [0.29, 0.717) is 18.8 Å². The highest BCUT2D eigenvalue weighted by atomic mass is 35.5. The van der Waals surface area contributed by atoms with Crippen LogP contribution in [0.4, 0.5) is 19.0 Å². The van der Waals surface area contributed by atoms with Gasteiger partial charge in [0.15, 0.2) is 13.2 Å². The predicted octanol–water partition coefficient (Wildman–Crippen LogP) is 3.64. The summed E-state index contributed by atoms with van der Waals surface area (Å²) in [6, 6.07) is 6.46. The second kappa shape index (κ2) is 10.3. The smallest absolute Gasteiger partial charge is 0.417 e. The Morgan fingerprint density at radius 3 is 2.42 bits per heavy atom. The number of esters is 1. The van der Waals surface area contributed by atoms with E-state index in [4.69, 9.17) is 21.1 Å². The highest BCUT2D eigenvalue weighted by Gasteiger charge is 2.32. The zero-order chi connectivity index (χ0) is 24.2. The second-order valence-electron chi connectivity index (χ2n) is 7.61. The van der Waals surface area contributed by atoms with Crippen LogP contribution in [0.25, 0.3) is 0 Å². The van der Waals surface area contributed by atoms with Gasteiger partial charge in [0, 0.05) is 32.4 Å². The minimum atomic E-state index is -4.53. The van der Waals surface area contributed by atoms with Crippen molar-refractivity contribution < 1.29 is 32.2 Å². The minimum Gasteiger partial charge on any atom is -0.482 e. The number of hydrogen-bond donors (Lipinski definition) is 0. The van der Waals surface area contributed by atoms with Gasteiger partial charge in [-0.1, -0.05) is 23.7 Å². The molecule has 1 aliphatic heterocycles. The molecule has 3 rings (SSSR count). The first-order valence-corrected chi connectivity index (χ1v) is 10.5. The van der Waals surface area contributed by atoms with Crippen LogP contribution in [0.5, 0.6) is 5.75 Å². The summed E-state index contributed by atoms with van der Waals surface area (Å²) in [6.07, 6.45) is -3.79. The molecule has 0 aliphatic carbocycles. The molecule has 0 spiro atoms. The maximum atomic E-state index is 12.8. The van der Waals surface area contributed by atoms with E-state index in [1.54, 1.807) is 4.90 Å². The largest absolute Gasteiger partial charge is 0.482 e. The molecule has 0 N–H and O–H groups in total. The molecule has 11 heteroatoms. The number of nitrogens with zero attached hydrogens (tertiary/aromatic N) is 3. The van der Waals surface area contributed by atoms with Crippen molar-refractivity contribution >= 4 is 29.3 Å². The van der Waals surface area contributed by atoms with E-state index in [2.05, 4.69) is 4.98 Å². The third-order valence-electron chi connectivity index (χ3n) is 5.13. The van der Waals surface area contributed by atoms with Crippen LogP contribution in [0.1, 0.15) is 16.7 Å². The van der Waals surface area contributed by atoms with Crippen molar-refractivity contribution in [1.29, 1.82) is 0 Å². The van der Waals surface area contributed by atoms with Crippen molar-refractivity contribution in [2.75, 3.05) is 44.3 Å². The highest BCUT2D eigenvalue weighted by molar-refractivity contribution is 6.33. The number of amides is 1. The quantitative estimate of drug-likeness (QED) is 0.582. The summed E-state index contributed by atoms with van der Waals surface area (Å²) in [4.78, 5) is 31.4. The molecule has 1 aromatic heterocycles. The normalized spacial score (nSPS) is 14.2. The zero-order valence-electron chi connectivity index (χ0n) is 18.1.